The Morgan fingerprint density at radius 1 is 1.32 bits per heavy atom. The SMILES string of the molecule is CCCc1nc(Cn2cc(CCCO)c(C(F)(F)F)n2)no1. The van der Waals surface area contributed by atoms with Crippen molar-refractivity contribution in [1.29, 1.82) is 0 Å². The van der Waals surface area contributed by atoms with E-state index in [2.05, 4.69) is 15.2 Å². The zero-order chi connectivity index (χ0) is 16.2. The number of rotatable bonds is 7. The lowest BCUT2D eigenvalue weighted by molar-refractivity contribution is -0.142. The zero-order valence-electron chi connectivity index (χ0n) is 12.1. The third kappa shape index (κ3) is 4.06. The molecule has 0 radical (unpaired) electrons. The molecule has 0 aliphatic rings. The molecule has 9 heteroatoms. The lowest BCUT2D eigenvalue weighted by Crippen LogP contribution is -2.11. The summed E-state index contributed by atoms with van der Waals surface area (Å²) >= 11 is 0. The first-order valence-electron chi connectivity index (χ1n) is 7.00. The van der Waals surface area contributed by atoms with Crippen LogP contribution in [0.1, 0.15) is 42.7 Å². The lowest BCUT2D eigenvalue weighted by Gasteiger charge is -2.04. The van der Waals surface area contributed by atoms with Gasteiger partial charge in [-0.15, -0.1) is 0 Å². The molecular formula is C13H17F3N4O2. The Labute approximate surface area is 124 Å². The monoisotopic (exact) mass is 318 g/mol. The highest BCUT2D eigenvalue weighted by molar-refractivity contribution is 5.20. The largest absolute Gasteiger partial charge is 0.435 e. The van der Waals surface area contributed by atoms with Crippen molar-refractivity contribution in [3.63, 3.8) is 0 Å². The van der Waals surface area contributed by atoms with Gasteiger partial charge < -0.3 is 9.63 Å². The number of hydrogen-bond donors (Lipinski definition) is 1. The highest BCUT2D eigenvalue weighted by atomic mass is 19.4. The van der Waals surface area contributed by atoms with Crippen molar-refractivity contribution in [2.24, 2.45) is 0 Å². The number of halogens is 3. The van der Waals surface area contributed by atoms with Gasteiger partial charge in [0.2, 0.25) is 5.89 Å². The van der Waals surface area contributed by atoms with Crippen molar-refractivity contribution in [2.75, 3.05) is 6.61 Å². The number of alkyl halides is 3. The Balaban J connectivity index is 2.17. The fourth-order valence-corrected chi connectivity index (χ4v) is 2.05. The molecule has 1 N–H and O–H groups in total. The van der Waals surface area contributed by atoms with Gasteiger partial charge >= 0.3 is 6.18 Å². The van der Waals surface area contributed by atoms with Crippen LogP contribution in [0, 0.1) is 0 Å². The summed E-state index contributed by atoms with van der Waals surface area (Å²) < 4.78 is 45.0. The Kier molecular flexibility index (Phi) is 5.17. The van der Waals surface area contributed by atoms with Crippen molar-refractivity contribution in [2.45, 2.75) is 45.3 Å². The molecule has 22 heavy (non-hydrogen) atoms. The van der Waals surface area contributed by atoms with Gasteiger partial charge in [0.05, 0.1) is 0 Å². The molecular weight excluding hydrogens is 301 g/mol. The molecule has 2 heterocycles. The number of aromatic nitrogens is 4. The second-order valence-electron chi connectivity index (χ2n) is 4.88. The Morgan fingerprint density at radius 2 is 2.09 bits per heavy atom. The topological polar surface area (TPSA) is 77.0 Å². The fourth-order valence-electron chi connectivity index (χ4n) is 2.05. The molecule has 0 fully saturated rings. The smallest absolute Gasteiger partial charge is 0.396 e. The molecule has 0 aliphatic carbocycles. The fraction of sp³-hybridized carbons (Fsp3) is 0.615. The number of aliphatic hydroxyl groups is 1. The number of nitrogens with zero attached hydrogens (tertiary/aromatic N) is 4. The summed E-state index contributed by atoms with van der Waals surface area (Å²) in [5, 5.41) is 16.1. The van der Waals surface area contributed by atoms with Crippen LogP contribution < -0.4 is 0 Å². The number of aryl methyl sites for hydroxylation is 2. The normalized spacial score (nSPS) is 12.0. The zero-order valence-corrected chi connectivity index (χ0v) is 12.1. The molecule has 0 atom stereocenters. The molecule has 2 aromatic heterocycles. The Hall–Kier alpha value is -1.90. The van der Waals surface area contributed by atoms with E-state index >= 15 is 0 Å². The second-order valence-corrected chi connectivity index (χ2v) is 4.88. The molecule has 0 bridgehead atoms. The van der Waals surface area contributed by atoms with Crippen LogP contribution in [-0.4, -0.2) is 31.6 Å². The molecule has 2 rings (SSSR count). The third-order valence-electron chi connectivity index (χ3n) is 2.99. The van der Waals surface area contributed by atoms with Crippen LogP contribution in [0.2, 0.25) is 0 Å². The highest BCUT2D eigenvalue weighted by Gasteiger charge is 2.36. The van der Waals surface area contributed by atoms with Crippen molar-refractivity contribution in [3.8, 4) is 0 Å². The van der Waals surface area contributed by atoms with Crippen molar-refractivity contribution >= 4 is 0 Å². The molecule has 122 valence electrons. The van der Waals surface area contributed by atoms with E-state index in [0.717, 1.165) is 11.1 Å². The molecule has 6 nitrogen and oxygen atoms in total. The summed E-state index contributed by atoms with van der Waals surface area (Å²) in [5.74, 6) is 0.745. The van der Waals surface area contributed by atoms with E-state index in [1.54, 1.807) is 0 Å². The highest BCUT2D eigenvalue weighted by Crippen LogP contribution is 2.31. The molecule has 0 aromatic carbocycles. The van der Waals surface area contributed by atoms with E-state index in [4.69, 9.17) is 9.63 Å². The summed E-state index contributed by atoms with van der Waals surface area (Å²) in [6, 6.07) is 0. The van der Waals surface area contributed by atoms with Crippen LogP contribution in [-0.2, 0) is 25.6 Å². The molecule has 0 spiro atoms. The molecule has 0 aliphatic heterocycles. The first-order valence-corrected chi connectivity index (χ1v) is 7.00. The van der Waals surface area contributed by atoms with Crippen molar-refractivity contribution < 1.29 is 22.8 Å². The van der Waals surface area contributed by atoms with Crippen molar-refractivity contribution in [1.82, 2.24) is 19.9 Å². The van der Waals surface area contributed by atoms with E-state index in [0.29, 0.717) is 12.3 Å². The minimum atomic E-state index is -4.53. The van der Waals surface area contributed by atoms with Gasteiger partial charge in [0.1, 0.15) is 6.54 Å². The van der Waals surface area contributed by atoms with Crippen molar-refractivity contribution in [3.05, 3.63) is 29.2 Å². The molecule has 0 saturated carbocycles. The van der Waals surface area contributed by atoms with Crippen LogP contribution in [0.25, 0.3) is 0 Å². The van der Waals surface area contributed by atoms with Crippen LogP contribution in [0.3, 0.4) is 0 Å². The average Bonchev–Trinajstić information content (AvgIpc) is 3.04. The first kappa shape index (κ1) is 16.5. The summed E-state index contributed by atoms with van der Waals surface area (Å²) in [5.41, 5.74) is -0.878. The van der Waals surface area contributed by atoms with Gasteiger partial charge in [-0.05, 0) is 19.3 Å². The maximum atomic E-state index is 12.9. The van der Waals surface area contributed by atoms with Gasteiger partial charge in [0, 0.05) is 24.8 Å². The third-order valence-corrected chi connectivity index (χ3v) is 2.99. The number of aliphatic hydroxyl groups excluding tert-OH is 1. The van der Waals surface area contributed by atoms with E-state index in [1.165, 1.54) is 6.20 Å². The summed E-state index contributed by atoms with van der Waals surface area (Å²) in [7, 11) is 0. The van der Waals surface area contributed by atoms with Gasteiger partial charge in [-0.25, -0.2) is 0 Å². The summed E-state index contributed by atoms with van der Waals surface area (Å²) in [4.78, 5) is 4.10. The van der Waals surface area contributed by atoms with E-state index in [-0.39, 0.29) is 37.4 Å². The molecule has 0 unspecified atom stereocenters. The van der Waals surface area contributed by atoms with E-state index in [1.807, 2.05) is 6.92 Å². The molecule has 2 aromatic rings. The molecule has 0 amide bonds. The standard InChI is InChI=1S/C13H17F3N4O2/c1-2-4-11-17-10(19-22-11)8-20-7-9(5-3-6-21)12(18-20)13(14,15)16/h7,21H,2-6,8H2,1H3. The maximum Gasteiger partial charge on any atom is 0.435 e. The second kappa shape index (κ2) is 6.91. The average molecular weight is 318 g/mol. The summed E-state index contributed by atoms with van der Waals surface area (Å²) in [6.45, 7) is 1.80. The first-order chi connectivity index (χ1) is 10.4. The predicted octanol–water partition coefficient (Wildman–Crippen LogP) is 2.21. The van der Waals surface area contributed by atoms with Crippen LogP contribution in [0.5, 0.6) is 0 Å². The minimum Gasteiger partial charge on any atom is -0.396 e. The van der Waals surface area contributed by atoms with E-state index in [9.17, 15) is 13.2 Å². The van der Waals surface area contributed by atoms with Gasteiger partial charge in [0.15, 0.2) is 11.5 Å². The predicted molar refractivity (Wildman–Crippen MR) is 70.0 cm³/mol. The van der Waals surface area contributed by atoms with Crippen LogP contribution in [0.4, 0.5) is 13.2 Å². The Morgan fingerprint density at radius 3 is 2.73 bits per heavy atom. The maximum absolute atomic E-state index is 12.9. The van der Waals surface area contributed by atoms with Crippen LogP contribution in [0.15, 0.2) is 10.7 Å². The molecule has 0 saturated heterocycles. The van der Waals surface area contributed by atoms with Gasteiger partial charge in [-0.1, -0.05) is 12.1 Å². The Bertz CT molecular complexity index is 607. The van der Waals surface area contributed by atoms with Gasteiger partial charge in [0.25, 0.3) is 0 Å². The summed E-state index contributed by atoms with van der Waals surface area (Å²) in [6.07, 6.45) is -1.39. The van der Waals surface area contributed by atoms with Crippen LogP contribution >= 0.6 is 0 Å². The minimum absolute atomic E-state index is 0.00934. The van der Waals surface area contributed by atoms with E-state index < -0.39 is 11.9 Å². The quantitative estimate of drug-likeness (QED) is 0.847. The number of hydrogen-bond acceptors (Lipinski definition) is 5. The lowest BCUT2D eigenvalue weighted by atomic mass is 10.1. The van der Waals surface area contributed by atoms with Gasteiger partial charge in [-0.3, -0.25) is 4.68 Å². The van der Waals surface area contributed by atoms with Gasteiger partial charge in [-0.2, -0.15) is 23.3 Å².